The summed E-state index contributed by atoms with van der Waals surface area (Å²) in [5, 5.41) is 0. The summed E-state index contributed by atoms with van der Waals surface area (Å²) < 4.78 is 15.2. The van der Waals surface area contributed by atoms with Gasteiger partial charge in [0.05, 0.1) is 28.4 Å². The van der Waals surface area contributed by atoms with E-state index >= 15 is 0 Å². The molecule has 0 unspecified atom stereocenters. The van der Waals surface area contributed by atoms with E-state index in [2.05, 4.69) is 34.9 Å². The third-order valence-corrected chi connectivity index (χ3v) is 3.34. The average molecular weight is 341 g/mol. The molecule has 0 N–H and O–H groups in total. The van der Waals surface area contributed by atoms with Crippen LogP contribution in [0.4, 0.5) is 0 Å². The molecule has 19 heavy (non-hydrogen) atoms. The van der Waals surface area contributed by atoms with E-state index in [9.17, 15) is 19.2 Å². The van der Waals surface area contributed by atoms with Crippen molar-refractivity contribution in [3.63, 3.8) is 0 Å². The number of esters is 4. The van der Waals surface area contributed by atoms with Gasteiger partial charge in [-0.05, 0) is 0 Å². The van der Waals surface area contributed by atoms with Crippen LogP contribution in [0.5, 0.6) is 0 Å². The fourth-order valence-corrected chi connectivity index (χ4v) is 1.97. The van der Waals surface area contributed by atoms with E-state index < -0.39 is 34.1 Å². The van der Waals surface area contributed by atoms with Gasteiger partial charge in [0.15, 0.2) is 5.92 Å². The van der Waals surface area contributed by atoms with Crippen LogP contribution < -0.4 is 0 Å². The van der Waals surface area contributed by atoms with Gasteiger partial charge in [0.25, 0.3) is 0 Å². The summed E-state index contributed by atoms with van der Waals surface area (Å²) in [4.78, 5) is 46.7. The molecule has 9 heteroatoms. The molecule has 0 radical (unpaired) electrons. The SMILES string of the molecule is COC(=O)C(C(=O)OC)C(Br)(C(=O)OC)C(=O)OC. The lowest BCUT2D eigenvalue weighted by Gasteiger charge is -2.26. The number of carbonyl (C=O) groups excluding carboxylic acids is 4. The predicted molar refractivity (Wildman–Crippen MR) is 63.2 cm³/mol. The molecular formula is C10H13BrO8. The summed E-state index contributed by atoms with van der Waals surface area (Å²) in [7, 11) is 3.93. The zero-order valence-corrected chi connectivity index (χ0v) is 12.3. The molecule has 0 aliphatic carbocycles. The number of ether oxygens (including phenoxy) is 4. The van der Waals surface area contributed by atoms with Gasteiger partial charge < -0.3 is 18.9 Å². The van der Waals surface area contributed by atoms with Crippen molar-refractivity contribution in [1.29, 1.82) is 0 Å². The van der Waals surface area contributed by atoms with Crippen molar-refractivity contribution >= 4 is 39.8 Å². The van der Waals surface area contributed by atoms with E-state index in [-0.39, 0.29) is 0 Å². The van der Waals surface area contributed by atoms with Crippen LogP contribution in [0.15, 0.2) is 0 Å². The molecule has 0 aliphatic rings. The lowest BCUT2D eigenvalue weighted by atomic mass is 9.92. The van der Waals surface area contributed by atoms with Gasteiger partial charge in [0, 0.05) is 0 Å². The highest BCUT2D eigenvalue weighted by Gasteiger charge is 2.60. The van der Waals surface area contributed by atoms with Crippen LogP contribution in [0.25, 0.3) is 0 Å². The molecule has 0 aromatic carbocycles. The maximum atomic E-state index is 11.7. The molecular weight excluding hydrogens is 328 g/mol. The van der Waals surface area contributed by atoms with Crippen LogP contribution in [-0.4, -0.2) is 56.6 Å². The third-order valence-electron chi connectivity index (χ3n) is 2.24. The first-order valence-electron chi connectivity index (χ1n) is 4.82. The molecule has 0 fully saturated rings. The maximum absolute atomic E-state index is 11.7. The standard InChI is InChI=1S/C10H13BrO8/c1-16-6(12)5(7(13)17-2)10(11,8(14)18-3)9(15)19-4/h5H,1-4H3. The summed E-state index contributed by atoms with van der Waals surface area (Å²) in [6, 6.07) is 0. The van der Waals surface area contributed by atoms with Crippen LogP contribution in [0.1, 0.15) is 0 Å². The first kappa shape index (κ1) is 17.4. The van der Waals surface area contributed by atoms with E-state index in [4.69, 9.17) is 0 Å². The smallest absolute Gasteiger partial charge is 0.335 e. The van der Waals surface area contributed by atoms with Gasteiger partial charge in [0.1, 0.15) is 0 Å². The van der Waals surface area contributed by atoms with Crippen molar-refractivity contribution in [2.24, 2.45) is 5.92 Å². The Labute approximate surface area is 117 Å². The van der Waals surface area contributed by atoms with Gasteiger partial charge in [-0.3, -0.25) is 9.59 Å². The summed E-state index contributed by atoms with van der Waals surface area (Å²) in [6.45, 7) is 0. The minimum Gasteiger partial charge on any atom is -0.468 e. The molecule has 0 aliphatic heterocycles. The Bertz CT molecular complexity index is 359. The lowest BCUT2D eigenvalue weighted by Crippen LogP contribution is -2.55. The van der Waals surface area contributed by atoms with Crippen LogP contribution in [-0.2, 0) is 38.1 Å². The molecule has 0 bridgehead atoms. The second-order valence-corrected chi connectivity index (χ2v) is 4.43. The van der Waals surface area contributed by atoms with Gasteiger partial charge in [-0.15, -0.1) is 0 Å². The molecule has 8 nitrogen and oxygen atoms in total. The second kappa shape index (κ2) is 7.07. The van der Waals surface area contributed by atoms with Crippen LogP contribution in [0.2, 0.25) is 0 Å². The number of alkyl halides is 1. The third kappa shape index (κ3) is 3.22. The zero-order chi connectivity index (χ0) is 15.2. The molecule has 0 saturated carbocycles. The molecule has 0 aromatic rings. The van der Waals surface area contributed by atoms with E-state index in [1.54, 1.807) is 0 Å². The maximum Gasteiger partial charge on any atom is 0.335 e. The van der Waals surface area contributed by atoms with Gasteiger partial charge >= 0.3 is 23.9 Å². The second-order valence-electron chi connectivity index (χ2n) is 3.17. The quantitative estimate of drug-likeness (QED) is 0.283. The van der Waals surface area contributed by atoms with Crippen molar-refractivity contribution in [2.75, 3.05) is 28.4 Å². The van der Waals surface area contributed by atoms with E-state index in [0.29, 0.717) is 0 Å². The van der Waals surface area contributed by atoms with E-state index in [1.165, 1.54) is 0 Å². The Morgan fingerprint density at radius 2 is 1.11 bits per heavy atom. The summed E-state index contributed by atoms with van der Waals surface area (Å²) in [5.74, 6) is -6.60. The Morgan fingerprint density at radius 1 is 0.789 bits per heavy atom. The average Bonchev–Trinajstić information content (AvgIpc) is 2.44. The molecule has 0 atom stereocenters. The van der Waals surface area contributed by atoms with Gasteiger partial charge in [-0.25, -0.2) is 9.59 Å². The normalized spacial score (nSPS) is 10.6. The highest BCUT2D eigenvalue weighted by molar-refractivity contribution is 9.10. The minimum atomic E-state index is -2.38. The van der Waals surface area contributed by atoms with Crippen LogP contribution in [0.3, 0.4) is 0 Å². The highest BCUT2D eigenvalue weighted by atomic mass is 79.9. The van der Waals surface area contributed by atoms with E-state index in [1.807, 2.05) is 0 Å². The molecule has 0 saturated heterocycles. The first-order valence-corrected chi connectivity index (χ1v) is 5.61. The largest absolute Gasteiger partial charge is 0.468 e. The fourth-order valence-electron chi connectivity index (χ4n) is 1.27. The fraction of sp³-hybridized carbons (Fsp3) is 0.600. The number of halogens is 1. The number of hydrogen-bond acceptors (Lipinski definition) is 8. The van der Waals surface area contributed by atoms with Gasteiger partial charge in [0.2, 0.25) is 4.32 Å². The monoisotopic (exact) mass is 340 g/mol. The highest BCUT2D eigenvalue weighted by Crippen LogP contribution is 2.33. The molecule has 0 heterocycles. The van der Waals surface area contributed by atoms with E-state index in [0.717, 1.165) is 28.4 Å². The Balaban J connectivity index is 5.89. The summed E-state index contributed by atoms with van der Waals surface area (Å²) >= 11 is 2.74. The first-order chi connectivity index (χ1) is 8.80. The lowest BCUT2D eigenvalue weighted by molar-refractivity contribution is -0.172. The summed E-state index contributed by atoms with van der Waals surface area (Å²) in [6.07, 6.45) is 0. The van der Waals surface area contributed by atoms with Crippen molar-refractivity contribution in [2.45, 2.75) is 4.32 Å². The summed E-state index contributed by atoms with van der Waals surface area (Å²) in [5.41, 5.74) is 0. The topological polar surface area (TPSA) is 105 Å². The van der Waals surface area contributed by atoms with Crippen molar-refractivity contribution in [3.8, 4) is 0 Å². The number of carbonyl (C=O) groups is 4. The van der Waals surface area contributed by atoms with Crippen molar-refractivity contribution in [3.05, 3.63) is 0 Å². The Hall–Kier alpha value is -1.64. The zero-order valence-electron chi connectivity index (χ0n) is 10.7. The van der Waals surface area contributed by atoms with Crippen molar-refractivity contribution < 1.29 is 38.1 Å². The molecule has 0 aromatic heterocycles. The van der Waals surface area contributed by atoms with Gasteiger partial charge in [-0.2, -0.15) is 0 Å². The molecule has 0 rings (SSSR count). The van der Waals surface area contributed by atoms with Gasteiger partial charge in [-0.1, -0.05) is 15.9 Å². The number of rotatable bonds is 5. The minimum absolute atomic E-state index is 0.979. The molecule has 108 valence electrons. The Morgan fingerprint density at radius 3 is 1.32 bits per heavy atom. The predicted octanol–water partition coefficient (Wildman–Crippen LogP) is -0.572. The number of hydrogen-bond donors (Lipinski definition) is 0. The van der Waals surface area contributed by atoms with Crippen molar-refractivity contribution in [1.82, 2.24) is 0 Å². The molecule has 0 amide bonds. The Kier molecular flexibility index (Phi) is 6.46. The van der Waals surface area contributed by atoms with Crippen LogP contribution >= 0.6 is 15.9 Å². The van der Waals surface area contributed by atoms with Crippen LogP contribution in [0, 0.1) is 5.92 Å². The number of methoxy groups -OCH3 is 4. The molecule has 0 spiro atoms.